The van der Waals surface area contributed by atoms with Gasteiger partial charge in [-0.3, -0.25) is 0 Å². The summed E-state index contributed by atoms with van der Waals surface area (Å²) >= 11 is 0. The molecule has 1 fully saturated rings. The molecule has 0 amide bonds. The van der Waals surface area contributed by atoms with Gasteiger partial charge in [-0.25, -0.2) is 21.8 Å². The van der Waals surface area contributed by atoms with Crippen LogP contribution < -0.4 is 0 Å². The van der Waals surface area contributed by atoms with E-state index < -0.39 is 26.0 Å². The van der Waals surface area contributed by atoms with Crippen LogP contribution in [0.15, 0.2) is 28.3 Å². The van der Waals surface area contributed by atoms with Crippen molar-refractivity contribution < 1.29 is 21.9 Å². The van der Waals surface area contributed by atoms with Gasteiger partial charge in [-0.1, -0.05) is 0 Å². The molecule has 1 aromatic rings. The summed E-state index contributed by atoms with van der Waals surface area (Å²) in [6.07, 6.45) is 3.17. The molecular formula is C12H18N2O5S2. The number of hydrogen-bond acceptors (Lipinski definition) is 6. The molecule has 9 heteroatoms. The zero-order chi connectivity index (χ0) is 15.7. The third kappa shape index (κ3) is 3.79. The minimum absolute atomic E-state index is 0.0358. The van der Waals surface area contributed by atoms with Gasteiger partial charge < -0.3 is 5.11 Å². The van der Waals surface area contributed by atoms with Crippen molar-refractivity contribution in [2.24, 2.45) is 0 Å². The fraction of sp³-hybridized carbons (Fsp3) is 0.583. The van der Waals surface area contributed by atoms with Crippen molar-refractivity contribution in [1.29, 1.82) is 0 Å². The Labute approximate surface area is 124 Å². The number of aliphatic hydroxyl groups excluding tert-OH is 1. The quantitative estimate of drug-likeness (QED) is 0.835. The first kappa shape index (κ1) is 16.3. The normalized spacial score (nSPS) is 21.9. The van der Waals surface area contributed by atoms with Crippen molar-refractivity contribution in [2.45, 2.75) is 35.3 Å². The van der Waals surface area contributed by atoms with E-state index in [0.29, 0.717) is 25.8 Å². The van der Waals surface area contributed by atoms with E-state index in [1.165, 1.54) is 16.4 Å². The smallest absolute Gasteiger partial charge is 0.244 e. The predicted molar refractivity (Wildman–Crippen MR) is 76.0 cm³/mol. The molecule has 7 nitrogen and oxygen atoms in total. The van der Waals surface area contributed by atoms with Crippen molar-refractivity contribution in [3.63, 3.8) is 0 Å². The highest BCUT2D eigenvalue weighted by atomic mass is 32.2. The molecule has 118 valence electrons. The van der Waals surface area contributed by atoms with E-state index in [-0.39, 0.29) is 16.5 Å². The van der Waals surface area contributed by atoms with E-state index in [1.54, 1.807) is 0 Å². The van der Waals surface area contributed by atoms with Gasteiger partial charge >= 0.3 is 0 Å². The molecule has 1 unspecified atom stereocenters. The highest BCUT2D eigenvalue weighted by Gasteiger charge is 2.27. The summed E-state index contributed by atoms with van der Waals surface area (Å²) in [6.45, 7) is 0.588. The van der Waals surface area contributed by atoms with Gasteiger partial charge in [0, 0.05) is 25.5 Å². The summed E-state index contributed by atoms with van der Waals surface area (Å²) in [7, 11) is -7.16. The van der Waals surface area contributed by atoms with Crippen LogP contribution in [-0.2, 0) is 19.9 Å². The van der Waals surface area contributed by atoms with Crippen LogP contribution in [0.5, 0.6) is 0 Å². The molecule has 1 aromatic heterocycles. The number of hydrogen-bond donors (Lipinski definition) is 1. The fourth-order valence-electron chi connectivity index (χ4n) is 2.18. The molecule has 1 aliphatic heterocycles. The molecule has 0 bridgehead atoms. The van der Waals surface area contributed by atoms with Crippen molar-refractivity contribution in [2.75, 3.05) is 19.3 Å². The first-order chi connectivity index (χ1) is 9.71. The average molecular weight is 334 g/mol. The summed E-state index contributed by atoms with van der Waals surface area (Å²) < 4.78 is 48.9. The molecule has 1 atom stereocenters. The lowest BCUT2D eigenvalue weighted by Gasteiger charge is -2.19. The Kier molecular flexibility index (Phi) is 4.66. The van der Waals surface area contributed by atoms with E-state index in [9.17, 15) is 21.9 Å². The minimum Gasteiger partial charge on any atom is -0.393 e. The Hall–Kier alpha value is -1.03. The van der Waals surface area contributed by atoms with Gasteiger partial charge in [0.05, 0.1) is 6.10 Å². The van der Waals surface area contributed by atoms with E-state index >= 15 is 0 Å². The second kappa shape index (κ2) is 5.99. The molecule has 1 aliphatic rings. The third-order valence-electron chi connectivity index (χ3n) is 3.38. The van der Waals surface area contributed by atoms with E-state index in [0.717, 1.165) is 12.5 Å². The third-order valence-corrected chi connectivity index (χ3v) is 6.27. The Bertz CT molecular complexity index is 698. The second-order valence-electron chi connectivity index (χ2n) is 5.09. The number of aliphatic hydroxyl groups is 1. The van der Waals surface area contributed by atoms with Gasteiger partial charge in [-0.15, -0.1) is 0 Å². The molecule has 1 saturated heterocycles. The topological polar surface area (TPSA) is 105 Å². The maximum Gasteiger partial charge on any atom is 0.244 e. The monoisotopic (exact) mass is 334 g/mol. The largest absolute Gasteiger partial charge is 0.393 e. The molecule has 1 N–H and O–H groups in total. The predicted octanol–water partition coefficient (Wildman–Crippen LogP) is 0.0206. The lowest BCUT2D eigenvalue weighted by Crippen LogP contribution is -2.32. The minimum atomic E-state index is -3.71. The Morgan fingerprint density at radius 3 is 2.48 bits per heavy atom. The van der Waals surface area contributed by atoms with E-state index in [2.05, 4.69) is 4.98 Å². The number of rotatable bonds is 3. The molecule has 0 radical (unpaired) electrons. The van der Waals surface area contributed by atoms with Crippen LogP contribution in [0.25, 0.3) is 0 Å². The summed E-state index contributed by atoms with van der Waals surface area (Å²) in [5, 5.41) is 9.41. The molecule has 0 saturated carbocycles. The molecule has 2 heterocycles. The SMILES string of the molecule is CS(=O)(=O)c1ccc(S(=O)(=O)N2CCCC(O)CC2)cn1. The van der Waals surface area contributed by atoms with Crippen LogP contribution >= 0.6 is 0 Å². The van der Waals surface area contributed by atoms with Gasteiger partial charge in [0.15, 0.2) is 14.9 Å². The summed E-state index contributed by atoms with van der Waals surface area (Å²) in [4.78, 5) is 3.67. The molecule has 0 spiro atoms. The Balaban J connectivity index is 2.27. The number of sulfone groups is 1. The highest BCUT2D eigenvalue weighted by Crippen LogP contribution is 2.20. The molecule has 0 aromatic carbocycles. The van der Waals surface area contributed by atoms with Crippen LogP contribution in [-0.4, -0.2) is 56.7 Å². The van der Waals surface area contributed by atoms with Gasteiger partial charge in [-0.2, -0.15) is 4.31 Å². The van der Waals surface area contributed by atoms with E-state index in [4.69, 9.17) is 0 Å². The maximum absolute atomic E-state index is 12.5. The van der Waals surface area contributed by atoms with Gasteiger partial charge in [0.25, 0.3) is 0 Å². The van der Waals surface area contributed by atoms with Crippen molar-refractivity contribution >= 4 is 19.9 Å². The first-order valence-corrected chi connectivity index (χ1v) is 9.89. The number of nitrogens with zero attached hydrogens (tertiary/aromatic N) is 2. The van der Waals surface area contributed by atoms with Gasteiger partial charge in [0.1, 0.15) is 4.90 Å². The van der Waals surface area contributed by atoms with Gasteiger partial charge in [-0.05, 0) is 31.4 Å². The summed E-state index contributed by atoms with van der Waals surface area (Å²) in [6, 6.07) is 2.44. The number of aromatic nitrogens is 1. The highest BCUT2D eigenvalue weighted by molar-refractivity contribution is 7.90. The fourth-order valence-corrected chi connectivity index (χ4v) is 4.18. The van der Waals surface area contributed by atoms with Crippen LogP contribution in [0.1, 0.15) is 19.3 Å². The van der Waals surface area contributed by atoms with Crippen LogP contribution in [0.2, 0.25) is 0 Å². The summed E-state index contributed by atoms with van der Waals surface area (Å²) in [5.41, 5.74) is 0. The standard InChI is InChI=1S/C12H18N2O5S2/c1-20(16,17)12-5-4-11(9-13-12)21(18,19)14-7-2-3-10(15)6-8-14/h4-5,9-10,15H,2-3,6-8H2,1H3. The van der Waals surface area contributed by atoms with Crippen molar-refractivity contribution in [3.05, 3.63) is 18.3 Å². The molecular weight excluding hydrogens is 316 g/mol. The summed E-state index contributed by atoms with van der Waals surface area (Å²) in [5.74, 6) is 0. The lowest BCUT2D eigenvalue weighted by molar-refractivity contribution is 0.159. The van der Waals surface area contributed by atoms with Crippen LogP contribution in [0.4, 0.5) is 0 Å². The maximum atomic E-state index is 12.5. The lowest BCUT2D eigenvalue weighted by atomic mass is 10.2. The molecule has 0 aliphatic carbocycles. The Morgan fingerprint density at radius 1 is 1.19 bits per heavy atom. The van der Waals surface area contributed by atoms with Crippen LogP contribution in [0, 0.1) is 0 Å². The van der Waals surface area contributed by atoms with Crippen molar-refractivity contribution in [3.8, 4) is 0 Å². The Morgan fingerprint density at radius 2 is 1.90 bits per heavy atom. The second-order valence-corrected chi connectivity index (χ2v) is 8.99. The zero-order valence-corrected chi connectivity index (χ0v) is 13.3. The molecule has 2 rings (SSSR count). The van der Waals surface area contributed by atoms with Crippen LogP contribution in [0.3, 0.4) is 0 Å². The zero-order valence-electron chi connectivity index (χ0n) is 11.6. The van der Waals surface area contributed by atoms with Crippen molar-refractivity contribution in [1.82, 2.24) is 9.29 Å². The number of sulfonamides is 1. The average Bonchev–Trinajstić information content (AvgIpc) is 2.63. The van der Waals surface area contributed by atoms with E-state index in [1.807, 2.05) is 0 Å². The van der Waals surface area contributed by atoms with Gasteiger partial charge in [0.2, 0.25) is 10.0 Å². The first-order valence-electron chi connectivity index (χ1n) is 6.55. The molecule has 21 heavy (non-hydrogen) atoms. The number of pyridine rings is 1.